The van der Waals surface area contributed by atoms with Crippen molar-refractivity contribution in [2.75, 3.05) is 0 Å². The largest absolute Gasteiger partial charge is 0.480 e. The van der Waals surface area contributed by atoms with E-state index in [0.29, 0.717) is 5.56 Å². The number of hydrogen-bond donors (Lipinski definition) is 2. The first-order chi connectivity index (χ1) is 7.33. The van der Waals surface area contributed by atoms with Crippen molar-refractivity contribution in [3.8, 4) is 0 Å². The summed E-state index contributed by atoms with van der Waals surface area (Å²) in [4.78, 5) is 22.5. The first-order valence-corrected chi connectivity index (χ1v) is 4.95. The van der Waals surface area contributed by atoms with E-state index in [9.17, 15) is 9.59 Å². The van der Waals surface area contributed by atoms with Crippen molar-refractivity contribution in [2.24, 2.45) is 0 Å². The quantitative estimate of drug-likeness (QED) is 0.814. The zero-order valence-corrected chi connectivity index (χ0v) is 9.57. The van der Waals surface area contributed by atoms with Crippen molar-refractivity contribution in [3.63, 3.8) is 0 Å². The van der Waals surface area contributed by atoms with Crippen LogP contribution in [0.4, 0.5) is 0 Å². The summed E-state index contributed by atoms with van der Waals surface area (Å²) in [6.45, 7) is 4.81. The third-order valence-corrected chi connectivity index (χ3v) is 2.27. The van der Waals surface area contributed by atoms with Crippen molar-refractivity contribution in [1.29, 1.82) is 0 Å². The molecule has 4 nitrogen and oxygen atoms in total. The Balaban J connectivity index is 2.81. The predicted molar refractivity (Wildman–Crippen MR) is 60.4 cm³/mol. The fourth-order valence-electron chi connectivity index (χ4n) is 1.11. The average Bonchev–Trinajstić information content (AvgIpc) is 2.17. The third kappa shape index (κ3) is 2.82. The highest BCUT2D eigenvalue weighted by atomic mass is 16.4. The highest BCUT2D eigenvalue weighted by Gasteiger charge is 2.29. The molecule has 0 saturated carbocycles. The van der Waals surface area contributed by atoms with Crippen molar-refractivity contribution in [2.45, 2.75) is 26.3 Å². The zero-order chi connectivity index (χ0) is 12.3. The number of amides is 1. The molecule has 4 heteroatoms. The number of carboxylic acid groups (broad SMARTS) is 1. The van der Waals surface area contributed by atoms with Crippen molar-refractivity contribution >= 4 is 11.9 Å². The molecule has 1 aromatic rings. The summed E-state index contributed by atoms with van der Waals surface area (Å²) in [6.07, 6.45) is 0. The normalized spacial score (nSPS) is 10.9. The highest BCUT2D eigenvalue weighted by Crippen LogP contribution is 2.07. The molecule has 0 spiro atoms. The number of carboxylic acids is 1. The number of rotatable bonds is 3. The van der Waals surface area contributed by atoms with E-state index < -0.39 is 11.5 Å². The second kappa shape index (κ2) is 4.35. The van der Waals surface area contributed by atoms with Gasteiger partial charge in [0.15, 0.2) is 0 Å². The minimum absolute atomic E-state index is 0.382. The van der Waals surface area contributed by atoms with Gasteiger partial charge in [-0.3, -0.25) is 4.79 Å². The van der Waals surface area contributed by atoms with E-state index in [1.54, 1.807) is 12.1 Å². The van der Waals surface area contributed by atoms with Crippen molar-refractivity contribution < 1.29 is 14.7 Å². The molecule has 1 amide bonds. The number of aliphatic carboxylic acids is 1. The van der Waals surface area contributed by atoms with Crippen LogP contribution < -0.4 is 5.32 Å². The maximum atomic E-state index is 11.7. The van der Waals surface area contributed by atoms with Gasteiger partial charge in [-0.25, -0.2) is 4.79 Å². The highest BCUT2D eigenvalue weighted by molar-refractivity contribution is 5.97. The summed E-state index contributed by atoms with van der Waals surface area (Å²) >= 11 is 0. The number of benzene rings is 1. The van der Waals surface area contributed by atoms with Gasteiger partial charge < -0.3 is 10.4 Å². The summed E-state index contributed by atoms with van der Waals surface area (Å²) in [6, 6.07) is 6.95. The Hall–Kier alpha value is -1.84. The van der Waals surface area contributed by atoms with E-state index in [4.69, 9.17) is 5.11 Å². The van der Waals surface area contributed by atoms with Gasteiger partial charge in [-0.2, -0.15) is 0 Å². The topological polar surface area (TPSA) is 66.4 Å². The van der Waals surface area contributed by atoms with Crippen LogP contribution in [0.25, 0.3) is 0 Å². The molecular formula is C12H15NO3. The third-order valence-electron chi connectivity index (χ3n) is 2.27. The average molecular weight is 221 g/mol. The van der Waals surface area contributed by atoms with Crippen LogP contribution in [0.3, 0.4) is 0 Å². The van der Waals surface area contributed by atoms with Crippen LogP contribution in [-0.4, -0.2) is 22.5 Å². The Labute approximate surface area is 94.3 Å². The van der Waals surface area contributed by atoms with Crippen LogP contribution in [0.5, 0.6) is 0 Å². The van der Waals surface area contributed by atoms with Gasteiger partial charge in [-0.1, -0.05) is 17.7 Å². The van der Waals surface area contributed by atoms with E-state index in [-0.39, 0.29) is 5.91 Å². The number of carbonyl (C=O) groups is 2. The molecular weight excluding hydrogens is 206 g/mol. The molecule has 0 aromatic heterocycles. The lowest BCUT2D eigenvalue weighted by atomic mass is 10.0. The van der Waals surface area contributed by atoms with Gasteiger partial charge in [-0.05, 0) is 32.9 Å². The van der Waals surface area contributed by atoms with Crippen LogP contribution in [-0.2, 0) is 4.79 Å². The molecule has 2 N–H and O–H groups in total. The van der Waals surface area contributed by atoms with Gasteiger partial charge in [0.05, 0.1) is 0 Å². The summed E-state index contributed by atoms with van der Waals surface area (Å²) in [5, 5.41) is 11.3. The monoisotopic (exact) mass is 221 g/mol. The van der Waals surface area contributed by atoms with E-state index in [0.717, 1.165) is 5.56 Å². The molecule has 0 bridgehead atoms. The molecule has 0 radical (unpaired) electrons. The second-order valence-electron chi connectivity index (χ2n) is 4.25. The molecule has 0 unspecified atom stereocenters. The maximum absolute atomic E-state index is 11.7. The maximum Gasteiger partial charge on any atom is 0.328 e. The van der Waals surface area contributed by atoms with Crippen LogP contribution >= 0.6 is 0 Å². The van der Waals surface area contributed by atoms with Crippen molar-refractivity contribution in [1.82, 2.24) is 5.32 Å². The smallest absolute Gasteiger partial charge is 0.328 e. The molecule has 0 aliphatic heterocycles. The molecule has 0 atom stereocenters. The lowest BCUT2D eigenvalue weighted by Gasteiger charge is -2.20. The van der Waals surface area contributed by atoms with Crippen LogP contribution in [0.2, 0.25) is 0 Å². The van der Waals surface area contributed by atoms with Crippen LogP contribution in [0.15, 0.2) is 24.3 Å². The van der Waals surface area contributed by atoms with Crippen LogP contribution in [0, 0.1) is 6.92 Å². The fraction of sp³-hybridized carbons (Fsp3) is 0.333. The molecule has 0 heterocycles. The molecule has 0 aliphatic rings. The van der Waals surface area contributed by atoms with Gasteiger partial charge in [0, 0.05) is 5.56 Å². The Morgan fingerprint density at radius 2 is 1.69 bits per heavy atom. The Morgan fingerprint density at radius 1 is 1.19 bits per heavy atom. The molecule has 0 aliphatic carbocycles. The molecule has 0 fully saturated rings. The van der Waals surface area contributed by atoms with E-state index in [1.165, 1.54) is 13.8 Å². The SMILES string of the molecule is Cc1ccc(C(=O)NC(C)(C)C(=O)O)cc1. The Kier molecular flexibility index (Phi) is 3.32. The minimum Gasteiger partial charge on any atom is -0.480 e. The Morgan fingerprint density at radius 3 is 2.12 bits per heavy atom. The van der Waals surface area contributed by atoms with Gasteiger partial charge in [0.25, 0.3) is 5.91 Å². The number of hydrogen-bond acceptors (Lipinski definition) is 2. The predicted octanol–water partition coefficient (Wildman–Crippen LogP) is 1.59. The second-order valence-corrected chi connectivity index (χ2v) is 4.25. The first-order valence-electron chi connectivity index (χ1n) is 4.95. The molecule has 0 saturated heterocycles. The molecule has 1 aromatic carbocycles. The molecule has 16 heavy (non-hydrogen) atoms. The summed E-state index contributed by atoms with van der Waals surface area (Å²) in [7, 11) is 0. The lowest BCUT2D eigenvalue weighted by Crippen LogP contribution is -2.49. The lowest BCUT2D eigenvalue weighted by molar-refractivity contribution is -0.143. The number of carbonyl (C=O) groups excluding carboxylic acids is 1. The van der Waals surface area contributed by atoms with E-state index in [2.05, 4.69) is 5.32 Å². The van der Waals surface area contributed by atoms with Crippen molar-refractivity contribution in [3.05, 3.63) is 35.4 Å². The zero-order valence-electron chi connectivity index (χ0n) is 9.57. The van der Waals surface area contributed by atoms with Gasteiger partial charge in [0.1, 0.15) is 5.54 Å². The number of nitrogens with one attached hydrogen (secondary N) is 1. The first kappa shape index (κ1) is 12.2. The molecule has 1 rings (SSSR count). The van der Waals surface area contributed by atoms with Gasteiger partial charge in [-0.15, -0.1) is 0 Å². The van der Waals surface area contributed by atoms with Crippen LogP contribution in [0.1, 0.15) is 29.8 Å². The standard InChI is InChI=1S/C12H15NO3/c1-8-4-6-9(7-5-8)10(14)13-12(2,3)11(15)16/h4-7H,1-3H3,(H,13,14)(H,15,16). The summed E-state index contributed by atoms with van der Waals surface area (Å²) < 4.78 is 0. The van der Waals surface area contributed by atoms with Gasteiger partial charge in [0.2, 0.25) is 0 Å². The van der Waals surface area contributed by atoms with E-state index >= 15 is 0 Å². The summed E-state index contributed by atoms with van der Waals surface area (Å²) in [5.41, 5.74) is 0.246. The summed E-state index contributed by atoms with van der Waals surface area (Å²) in [5.74, 6) is -1.44. The Bertz CT molecular complexity index is 407. The minimum atomic E-state index is -1.26. The fourth-order valence-corrected chi connectivity index (χ4v) is 1.11. The van der Waals surface area contributed by atoms with E-state index in [1.807, 2.05) is 19.1 Å². The molecule has 86 valence electrons. The number of aryl methyl sites for hydroxylation is 1. The van der Waals surface area contributed by atoms with Gasteiger partial charge >= 0.3 is 5.97 Å².